The van der Waals surface area contributed by atoms with Crippen molar-refractivity contribution in [3.05, 3.63) is 64.3 Å². The Morgan fingerprint density at radius 3 is 2.93 bits per heavy atom. The minimum absolute atomic E-state index is 0.00715. The molecule has 2 unspecified atom stereocenters. The van der Waals surface area contributed by atoms with Gasteiger partial charge in [-0.15, -0.1) is 0 Å². The number of rotatable bonds is 6. The molecule has 1 aliphatic rings. The first-order valence-electron chi connectivity index (χ1n) is 9.19. The molecule has 2 atom stereocenters. The molecule has 0 aliphatic carbocycles. The Morgan fingerprint density at radius 2 is 2.14 bits per heavy atom. The van der Waals surface area contributed by atoms with Gasteiger partial charge in [0.2, 0.25) is 12.2 Å². The van der Waals surface area contributed by atoms with E-state index in [9.17, 15) is 14.4 Å². The van der Waals surface area contributed by atoms with E-state index < -0.39 is 24.2 Å². The van der Waals surface area contributed by atoms with Crippen molar-refractivity contribution in [2.75, 3.05) is 0 Å². The van der Waals surface area contributed by atoms with Gasteiger partial charge in [0, 0.05) is 6.20 Å². The Bertz CT molecular complexity index is 1110. The zero-order valence-electron chi connectivity index (χ0n) is 15.8. The molecule has 3 aromatic rings. The highest BCUT2D eigenvalue weighted by atomic mass is 16.7. The number of nitrogens with zero attached hydrogens (tertiary/aromatic N) is 2. The monoisotopic (exact) mass is 396 g/mol. The Labute approximate surface area is 165 Å². The fraction of sp³-hybridized carbons (Fsp3) is 0.300. The highest BCUT2D eigenvalue weighted by molar-refractivity contribution is 5.80. The van der Waals surface area contributed by atoms with Gasteiger partial charge in [0.05, 0.1) is 24.9 Å². The van der Waals surface area contributed by atoms with E-state index in [4.69, 9.17) is 9.47 Å². The number of aryl methyl sites for hydroxylation is 1. The van der Waals surface area contributed by atoms with E-state index in [2.05, 4.69) is 15.3 Å². The normalized spacial score (nSPS) is 18.7. The summed E-state index contributed by atoms with van der Waals surface area (Å²) in [5.74, 6) is -0.886. The van der Waals surface area contributed by atoms with E-state index in [0.717, 1.165) is 11.1 Å². The standard InChI is InChI=1S/C20H20N4O5/c1-12-8-21-18-17(12)22-11-24(19(18)27)9-15(25)23-14-7-16(26)29-20(14)28-10-13-5-3-2-4-6-13/h2-6,8,11,14,20-21H,7,9-10H2,1H3,(H,23,25). The van der Waals surface area contributed by atoms with Crippen LogP contribution in [0.3, 0.4) is 0 Å². The van der Waals surface area contributed by atoms with Crippen LogP contribution in [0.1, 0.15) is 17.5 Å². The van der Waals surface area contributed by atoms with Crippen LogP contribution in [0, 0.1) is 6.92 Å². The van der Waals surface area contributed by atoms with E-state index >= 15 is 0 Å². The van der Waals surface area contributed by atoms with Crippen molar-refractivity contribution in [1.82, 2.24) is 19.9 Å². The molecule has 9 nitrogen and oxygen atoms in total. The van der Waals surface area contributed by atoms with Crippen molar-refractivity contribution in [2.45, 2.75) is 38.8 Å². The van der Waals surface area contributed by atoms with Gasteiger partial charge in [-0.25, -0.2) is 4.98 Å². The predicted octanol–water partition coefficient (Wildman–Crippen LogP) is 1.01. The van der Waals surface area contributed by atoms with Crippen LogP contribution in [0.15, 0.2) is 47.7 Å². The number of benzene rings is 1. The molecule has 0 spiro atoms. The van der Waals surface area contributed by atoms with Gasteiger partial charge >= 0.3 is 5.97 Å². The molecule has 1 aliphatic heterocycles. The third-order valence-corrected chi connectivity index (χ3v) is 4.72. The Morgan fingerprint density at radius 1 is 1.34 bits per heavy atom. The van der Waals surface area contributed by atoms with Crippen LogP contribution in [0.25, 0.3) is 11.0 Å². The lowest BCUT2D eigenvalue weighted by Crippen LogP contribution is -2.44. The Hall–Kier alpha value is -3.46. The summed E-state index contributed by atoms with van der Waals surface area (Å²) in [5, 5.41) is 2.72. The van der Waals surface area contributed by atoms with Crippen molar-refractivity contribution >= 4 is 22.9 Å². The summed E-state index contributed by atoms with van der Waals surface area (Å²) in [7, 11) is 0. The first-order chi connectivity index (χ1) is 14.0. The highest BCUT2D eigenvalue weighted by Crippen LogP contribution is 2.18. The second kappa shape index (κ2) is 7.88. The molecule has 2 aromatic heterocycles. The number of H-pyrrole nitrogens is 1. The number of esters is 1. The molecule has 3 heterocycles. The molecule has 2 N–H and O–H groups in total. The average Bonchev–Trinajstić information content (AvgIpc) is 3.25. The molecule has 0 radical (unpaired) electrons. The van der Waals surface area contributed by atoms with Crippen molar-refractivity contribution in [3.8, 4) is 0 Å². The first kappa shape index (κ1) is 18.9. The number of carbonyl (C=O) groups excluding carboxylic acids is 2. The lowest BCUT2D eigenvalue weighted by Gasteiger charge is -2.19. The molecule has 1 saturated heterocycles. The summed E-state index contributed by atoms with van der Waals surface area (Å²) in [6, 6.07) is 8.81. The molecule has 4 rings (SSSR count). The minimum atomic E-state index is -0.880. The van der Waals surface area contributed by atoms with Gasteiger partial charge in [0.25, 0.3) is 5.56 Å². The van der Waals surface area contributed by atoms with Gasteiger partial charge in [-0.2, -0.15) is 0 Å². The second-order valence-electron chi connectivity index (χ2n) is 6.91. The van der Waals surface area contributed by atoms with Gasteiger partial charge in [-0.05, 0) is 18.1 Å². The molecule has 9 heteroatoms. The van der Waals surface area contributed by atoms with E-state index in [1.165, 1.54) is 10.9 Å². The number of carbonyl (C=O) groups is 2. The zero-order chi connectivity index (χ0) is 20.4. The summed E-state index contributed by atoms with van der Waals surface area (Å²) in [6.07, 6.45) is 2.16. The number of amides is 1. The number of hydrogen-bond donors (Lipinski definition) is 2. The maximum Gasteiger partial charge on any atom is 0.310 e. The summed E-state index contributed by atoms with van der Waals surface area (Å²) >= 11 is 0. The molecule has 0 bridgehead atoms. The number of cyclic esters (lactones) is 1. The summed E-state index contributed by atoms with van der Waals surface area (Å²) in [4.78, 5) is 43.8. The maximum absolute atomic E-state index is 12.5. The van der Waals surface area contributed by atoms with Crippen LogP contribution >= 0.6 is 0 Å². The Kier molecular flexibility index (Phi) is 5.13. The van der Waals surface area contributed by atoms with Crippen molar-refractivity contribution in [3.63, 3.8) is 0 Å². The van der Waals surface area contributed by atoms with Crippen molar-refractivity contribution in [2.24, 2.45) is 0 Å². The molecule has 0 saturated carbocycles. The van der Waals surface area contributed by atoms with Crippen LogP contribution in [0.2, 0.25) is 0 Å². The van der Waals surface area contributed by atoms with Gasteiger partial charge in [-0.1, -0.05) is 30.3 Å². The van der Waals surface area contributed by atoms with Crippen LogP contribution in [-0.4, -0.2) is 38.7 Å². The molecule has 150 valence electrons. The largest absolute Gasteiger partial charge is 0.433 e. The fourth-order valence-electron chi connectivity index (χ4n) is 3.24. The Balaban J connectivity index is 1.41. The number of nitrogens with one attached hydrogen (secondary N) is 2. The minimum Gasteiger partial charge on any atom is -0.433 e. The first-order valence-corrected chi connectivity index (χ1v) is 9.19. The average molecular weight is 396 g/mol. The van der Waals surface area contributed by atoms with Gasteiger partial charge in [0.1, 0.15) is 18.1 Å². The lowest BCUT2D eigenvalue weighted by molar-refractivity contribution is -0.168. The van der Waals surface area contributed by atoms with E-state index in [-0.39, 0.29) is 25.1 Å². The van der Waals surface area contributed by atoms with E-state index in [1.54, 1.807) is 6.20 Å². The van der Waals surface area contributed by atoms with Crippen LogP contribution in [-0.2, 0) is 32.2 Å². The topological polar surface area (TPSA) is 115 Å². The summed E-state index contributed by atoms with van der Waals surface area (Å²) in [5.41, 5.74) is 2.37. The van der Waals surface area contributed by atoms with E-state index in [0.29, 0.717) is 11.0 Å². The highest BCUT2D eigenvalue weighted by Gasteiger charge is 2.36. The molecular formula is C20H20N4O5. The number of fused-ring (bicyclic) bond motifs is 1. The molecule has 1 fully saturated rings. The number of aromatic nitrogens is 3. The quantitative estimate of drug-likeness (QED) is 0.601. The maximum atomic E-state index is 12.5. The van der Waals surface area contributed by atoms with Crippen molar-refractivity contribution < 1.29 is 19.1 Å². The molecule has 29 heavy (non-hydrogen) atoms. The SMILES string of the molecule is Cc1c[nH]c2c(=O)n(CC(=O)NC3CC(=O)OC3OCc3ccccc3)cnc12. The molecule has 1 aromatic carbocycles. The van der Waals surface area contributed by atoms with Gasteiger partial charge in [0.15, 0.2) is 0 Å². The third-order valence-electron chi connectivity index (χ3n) is 4.72. The third kappa shape index (κ3) is 4.04. The smallest absolute Gasteiger partial charge is 0.310 e. The zero-order valence-corrected chi connectivity index (χ0v) is 15.8. The number of aromatic amines is 1. The van der Waals surface area contributed by atoms with Gasteiger partial charge < -0.3 is 19.8 Å². The van der Waals surface area contributed by atoms with E-state index in [1.807, 2.05) is 37.3 Å². The van der Waals surface area contributed by atoms with Crippen LogP contribution in [0.5, 0.6) is 0 Å². The van der Waals surface area contributed by atoms with Crippen LogP contribution in [0.4, 0.5) is 0 Å². The van der Waals surface area contributed by atoms with Crippen molar-refractivity contribution in [1.29, 1.82) is 0 Å². The summed E-state index contributed by atoms with van der Waals surface area (Å²) in [6.45, 7) is 1.86. The molecular weight excluding hydrogens is 376 g/mol. The fourth-order valence-corrected chi connectivity index (χ4v) is 3.24. The second-order valence-corrected chi connectivity index (χ2v) is 6.91. The summed E-state index contributed by atoms with van der Waals surface area (Å²) < 4.78 is 12.0. The lowest BCUT2D eigenvalue weighted by atomic mass is 10.2. The number of hydrogen-bond acceptors (Lipinski definition) is 6. The van der Waals surface area contributed by atoms with Crippen LogP contribution < -0.4 is 10.9 Å². The molecule has 1 amide bonds. The predicted molar refractivity (Wildman–Crippen MR) is 103 cm³/mol. The van der Waals surface area contributed by atoms with Gasteiger partial charge in [-0.3, -0.25) is 19.0 Å². The number of ether oxygens (including phenoxy) is 2.